The average Bonchev–Trinajstić information content (AvgIpc) is 3.79. The number of ether oxygens (including phenoxy) is 1. The van der Waals surface area contributed by atoms with Crippen LogP contribution in [0.15, 0.2) is 75.4 Å². The molecule has 4 atom stereocenters. The van der Waals surface area contributed by atoms with E-state index in [4.69, 9.17) is 9.72 Å². The molecule has 72 heavy (non-hydrogen) atoms. The molecule has 2 aliphatic carbocycles. The SMILES string of the molecule is Cc1ncsc1-c1ccc([C@H](COC(C)(C)CN2CCC(c3ccc4c(c3)n(C3CCCC3)c3nc(=O)c5c(Br)cccc5n43)CC2)NC(=O)[C@@H]2C[C@@H](O)CN2C(=O)[C@@H](NC(=O)C2(F)CC2)C(C)(C)C)cc1. The lowest BCUT2D eigenvalue weighted by Crippen LogP contribution is -2.59. The number of nitrogens with zero attached hydrogens (tertiary/aromatic N) is 6. The van der Waals surface area contributed by atoms with E-state index in [1.807, 2.05) is 54.9 Å². The van der Waals surface area contributed by atoms with Gasteiger partial charge in [-0.3, -0.25) is 23.6 Å². The summed E-state index contributed by atoms with van der Waals surface area (Å²) in [4.78, 5) is 69.1. The second kappa shape index (κ2) is 19.7. The third-order valence-electron chi connectivity index (χ3n) is 15.5. The minimum absolute atomic E-state index is 0.0136. The van der Waals surface area contributed by atoms with Gasteiger partial charge in [-0.05, 0) is 141 Å². The van der Waals surface area contributed by atoms with E-state index in [0.29, 0.717) is 23.6 Å². The summed E-state index contributed by atoms with van der Waals surface area (Å²) in [5.74, 6) is -0.750. The minimum Gasteiger partial charge on any atom is -0.391 e. The van der Waals surface area contributed by atoms with Crippen LogP contribution in [0.3, 0.4) is 0 Å². The molecule has 5 heterocycles. The van der Waals surface area contributed by atoms with Crippen LogP contribution in [0, 0.1) is 12.3 Å². The summed E-state index contributed by atoms with van der Waals surface area (Å²) in [6.45, 7) is 13.9. The zero-order valence-electron chi connectivity index (χ0n) is 42.1. The number of rotatable bonds is 14. The number of β-amino-alcohol motifs (C(OH)–C–C–N with tert-alkyl or cyclic N) is 1. The molecule has 3 amide bonds. The number of alkyl halides is 1. The molecule has 382 valence electrons. The van der Waals surface area contributed by atoms with Crippen molar-refractivity contribution >= 4 is 72.7 Å². The minimum atomic E-state index is -1.98. The van der Waals surface area contributed by atoms with Crippen molar-refractivity contribution < 1.29 is 28.6 Å². The van der Waals surface area contributed by atoms with Gasteiger partial charge >= 0.3 is 0 Å². The zero-order valence-corrected chi connectivity index (χ0v) is 44.5. The van der Waals surface area contributed by atoms with Crippen LogP contribution in [0.5, 0.6) is 0 Å². The number of aromatic nitrogens is 4. The summed E-state index contributed by atoms with van der Waals surface area (Å²) in [6, 6.07) is 18.2. The highest BCUT2D eigenvalue weighted by molar-refractivity contribution is 9.10. The van der Waals surface area contributed by atoms with Crippen molar-refractivity contribution in [1.82, 2.24) is 39.4 Å². The van der Waals surface area contributed by atoms with Gasteiger partial charge in [0.1, 0.15) is 12.1 Å². The van der Waals surface area contributed by atoms with Gasteiger partial charge in [-0.15, -0.1) is 11.3 Å². The van der Waals surface area contributed by atoms with E-state index in [2.05, 4.69) is 77.5 Å². The van der Waals surface area contributed by atoms with Crippen molar-refractivity contribution in [1.29, 1.82) is 0 Å². The van der Waals surface area contributed by atoms with Crippen LogP contribution < -0.4 is 16.2 Å². The fourth-order valence-electron chi connectivity index (χ4n) is 11.4. The molecule has 3 aromatic heterocycles. The third kappa shape index (κ3) is 10.00. The van der Waals surface area contributed by atoms with E-state index in [-0.39, 0.29) is 44.0 Å². The first kappa shape index (κ1) is 50.5. The monoisotopic (exact) mass is 1060 g/mol. The van der Waals surface area contributed by atoms with E-state index in [1.54, 1.807) is 32.1 Å². The fraction of sp³-hybridized carbons (Fsp3) is 0.527. The number of carbonyl (C=O) groups is 3. The maximum atomic E-state index is 14.9. The quantitative estimate of drug-likeness (QED) is 0.0967. The van der Waals surface area contributed by atoms with Crippen LogP contribution >= 0.6 is 27.3 Å². The zero-order chi connectivity index (χ0) is 50.9. The van der Waals surface area contributed by atoms with Crippen molar-refractivity contribution in [2.45, 2.75) is 147 Å². The van der Waals surface area contributed by atoms with Crippen LogP contribution in [-0.2, 0) is 19.1 Å². The molecule has 0 spiro atoms. The first-order chi connectivity index (χ1) is 34.3. The number of aliphatic hydroxyl groups excluding tert-OH is 1. The predicted octanol–water partition coefficient (Wildman–Crippen LogP) is 8.94. The van der Waals surface area contributed by atoms with Crippen molar-refractivity contribution in [2.75, 3.05) is 32.8 Å². The van der Waals surface area contributed by atoms with Gasteiger partial charge in [0.05, 0.1) is 62.4 Å². The molecule has 17 heteroatoms. The molecule has 0 radical (unpaired) electrons. The Morgan fingerprint density at radius 1 is 0.958 bits per heavy atom. The number of carbonyl (C=O) groups excluding carboxylic acids is 3. The molecule has 14 nitrogen and oxygen atoms in total. The third-order valence-corrected chi connectivity index (χ3v) is 17.2. The molecular weight excluding hydrogens is 1000 g/mol. The van der Waals surface area contributed by atoms with Crippen LogP contribution in [0.25, 0.3) is 38.2 Å². The number of amides is 3. The first-order valence-electron chi connectivity index (χ1n) is 25.6. The molecule has 2 aliphatic heterocycles. The summed E-state index contributed by atoms with van der Waals surface area (Å²) in [5, 5.41) is 17.3. The number of likely N-dealkylation sites (tertiary alicyclic amines) is 2. The summed E-state index contributed by atoms with van der Waals surface area (Å²) in [5.41, 5.74) is 5.28. The molecule has 3 N–H and O–H groups in total. The Bertz CT molecular complexity index is 3090. The van der Waals surface area contributed by atoms with E-state index in [9.17, 15) is 28.7 Å². The summed E-state index contributed by atoms with van der Waals surface area (Å²) in [7, 11) is 0. The largest absolute Gasteiger partial charge is 0.391 e. The van der Waals surface area contributed by atoms with Crippen molar-refractivity contribution in [3.63, 3.8) is 0 Å². The lowest BCUT2D eigenvalue weighted by atomic mass is 9.85. The van der Waals surface area contributed by atoms with Crippen LogP contribution in [0.4, 0.5) is 4.39 Å². The number of imidazole rings is 1. The lowest BCUT2D eigenvalue weighted by molar-refractivity contribution is -0.145. The van der Waals surface area contributed by atoms with Gasteiger partial charge in [0.25, 0.3) is 11.5 Å². The van der Waals surface area contributed by atoms with E-state index in [1.165, 1.54) is 10.5 Å². The number of benzene rings is 3. The molecule has 3 aromatic carbocycles. The highest BCUT2D eigenvalue weighted by atomic mass is 79.9. The van der Waals surface area contributed by atoms with E-state index < -0.39 is 58.6 Å². The van der Waals surface area contributed by atoms with Gasteiger partial charge in [-0.2, -0.15) is 4.98 Å². The Labute approximate surface area is 431 Å². The first-order valence-corrected chi connectivity index (χ1v) is 27.3. The number of aryl methyl sites for hydroxylation is 1. The summed E-state index contributed by atoms with van der Waals surface area (Å²) in [6.07, 6.45) is 5.65. The molecule has 6 aromatic rings. The van der Waals surface area contributed by atoms with Gasteiger partial charge in [0.2, 0.25) is 17.6 Å². The molecular formula is C55H66BrFN8O6S. The van der Waals surface area contributed by atoms with E-state index >= 15 is 0 Å². The van der Waals surface area contributed by atoms with Gasteiger partial charge in [0.15, 0.2) is 5.67 Å². The maximum Gasteiger partial charge on any atom is 0.283 e. The Morgan fingerprint density at radius 3 is 2.35 bits per heavy atom. The van der Waals surface area contributed by atoms with Crippen molar-refractivity contribution in [3.05, 3.63) is 97.8 Å². The number of fused-ring (bicyclic) bond motifs is 5. The molecule has 2 saturated heterocycles. The normalized spacial score (nSPS) is 20.9. The average molecular weight is 1070 g/mol. The van der Waals surface area contributed by atoms with E-state index in [0.717, 1.165) is 94.3 Å². The number of halogens is 2. The van der Waals surface area contributed by atoms with Crippen molar-refractivity contribution in [3.8, 4) is 10.4 Å². The van der Waals surface area contributed by atoms with Crippen LogP contribution in [-0.4, -0.2) is 114 Å². The second-order valence-electron chi connectivity index (χ2n) is 22.4. The van der Waals surface area contributed by atoms with Gasteiger partial charge in [-0.25, -0.2) is 9.37 Å². The molecule has 2 saturated carbocycles. The second-order valence-corrected chi connectivity index (χ2v) is 24.2. The lowest BCUT2D eigenvalue weighted by Gasteiger charge is -2.38. The number of thiazole rings is 1. The maximum absolute atomic E-state index is 14.9. The van der Waals surface area contributed by atoms with Crippen LogP contribution in [0.1, 0.15) is 127 Å². The van der Waals surface area contributed by atoms with Crippen molar-refractivity contribution in [2.24, 2.45) is 5.41 Å². The highest BCUT2D eigenvalue weighted by Gasteiger charge is 2.53. The Balaban J connectivity index is 0.840. The topological polar surface area (TPSA) is 163 Å². The van der Waals surface area contributed by atoms with Crippen LogP contribution in [0.2, 0.25) is 0 Å². The number of nitrogens with one attached hydrogen (secondary N) is 2. The molecule has 4 fully saturated rings. The van der Waals surface area contributed by atoms with Gasteiger partial charge < -0.3 is 34.8 Å². The van der Waals surface area contributed by atoms with Gasteiger partial charge in [0, 0.05) is 30.0 Å². The Kier molecular flexibility index (Phi) is 13.8. The smallest absolute Gasteiger partial charge is 0.283 e. The Morgan fingerprint density at radius 2 is 1.68 bits per heavy atom. The predicted molar refractivity (Wildman–Crippen MR) is 282 cm³/mol. The summed E-state index contributed by atoms with van der Waals surface area (Å²) >= 11 is 5.18. The fourth-order valence-corrected chi connectivity index (χ4v) is 12.7. The number of aliphatic hydroxyl groups is 1. The molecule has 10 rings (SSSR count). The highest BCUT2D eigenvalue weighted by Crippen LogP contribution is 2.41. The molecule has 0 bridgehead atoms. The molecule has 0 unspecified atom stereocenters. The standard InChI is InChI=1S/C55H66BrFN8O6S/c1-32-46(72-31-58-32)35-16-14-34(15-17-35)40(59-48(67)44-27-38(66)28-63(44)50(69)47(53(2,3)4)60-51(70)55(57)22-23-55)29-71-54(5,6)30-62-24-20-33(21-25-62)36-18-19-41-43(26-36)64(37-10-7-8-11-37)52-61-49(68)45-39(56)12-9-13-42(45)65(41)52/h9,12-19,26,31,33,37-38,40,44,47,66H,7-8,10-11,20-25,27-30H2,1-6H3,(H,59,67)(H,60,70)/t38-,40+,44+,47-/m1/s1. The molecule has 4 aliphatic rings. The number of piperidine rings is 1. The summed E-state index contributed by atoms with van der Waals surface area (Å²) < 4.78 is 26.9. The Hall–Kier alpha value is -5.07. The van der Waals surface area contributed by atoms with Gasteiger partial charge in [-0.1, -0.05) is 70.0 Å². The number of hydrogen-bond donors (Lipinski definition) is 3. The number of hydrogen-bond acceptors (Lipinski definition) is 10.